The van der Waals surface area contributed by atoms with E-state index in [0.29, 0.717) is 6.04 Å². The van der Waals surface area contributed by atoms with Crippen molar-refractivity contribution in [3.63, 3.8) is 0 Å². The highest BCUT2D eigenvalue weighted by atomic mass is 32.1. The topological polar surface area (TPSA) is 57.8 Å². The van der Waals surface area contributed by atoms with Crippen molar-refractivity contribution in [3.05, 3.63) is 21.7 Å². The summed E-state index contributed by atoms with van der Waals surface area (Å²) in [5.74, 6) is 0.0934. The molecule has 2 aromatic rings. The second-order valence-corrected chi connectivity index (χ2v) is 6.61. The quantitative estimate of drug-likeness (QED) is 0.834. The predicted molar refractivity (Wildman–Crippen MR) is 84.9 cm³/mol. The molecule has 0 bridgehead atoms. The van der Waals surface area contributed by atoms with Crippen molar-refractivity contribution in [2.24, 2.45) is 0 Å². The molecule has 0 radical (unpaired) electrons. The van der Waals surface area contributed by atoms with Gasteiger partial charge in [-0.05, 0) is 47.1 Å². The van der Waals surface area contributed by atoms with Crippen LogP contribution in [0.1, 0.15) is 47.3 Å². The van der Waals surface area contributed by atoms with Crippen LogP contribution < -0.4 is 5.32 Å². The molecule has 20 heavy (non-hydrogen) atoms. The number of hydrogen-bond acceptors (Lipinski definition) is 4. The molecule has 4 nitrogen and oxygen atoms in total. The Morgan fingerprint density at radius 1 is 1.30 bits per heavy atom. The van der Waals surface area contributed by atoms with Crippen LogP contribution in [0.3, 0.4) is 0 Å². The Labute approximate surface area is 123 Å². The lowest BCUT2D eigenvalue weighted by Crippen LogP contribution is -2.09. The summed E-state index contributed by atoms with van der Waals surface area (Å²) in [5, 5.41) is 4.25. The molecule has 0 aliphatic rings. The number of nitrogens with zero attached hydrogens (tertiary/aromatic N) is 1. The van der Waals surface area contributed by atoms with Crippen LogP contribution in [-0.2, 0) is 0 Å². The van der Waals surface area contributed by atoms with E-state index >= 15 is 0 Å². The van der Waals surface area contributed by atoms with Gasteiger partial charge in [0.15, 0.2) is 10.9 Å². The van der Waals surface area contributed by atoms with Crippen molar-refractivity contribution >= 4 is 22.3 Å². The van der Waals surface area contributed by atoms with Gasteiger partial charge >= 0.3 is 0 Å². The van der Waals surface area contributed by atoms with E-state index in [4.69, 9.17) is 0 Å². The van der Waals surface area contributed by atoms with Crippen LogP contribution in [0.5, 0.6) is 0 Å². The summed E-state index contributed by atoms with van der Waals surface area (Å²) >= 11 is 1.64. The van der Waals surface area contributed by atoms with Crippen LogP contribution in [0.15, 0.2) is 0 Å². The first-order chi connectivity index (χ1) is 9.31. The molecule has 0 unspecified atom stereocenters. The Balaban J connectivity index is 2.49. The fourth-order valence-corrected chi connectivity index (χ4v) is 3.42. The second-order valence-electron chi connectivity index (χ2n) is 5.40. The summed E-state index contributed by atoms with van der Waals surface area (Å²) in [6, 6.07) is 0.354. The van der Waals surface area contributed by atoms with Crippen molar-refractivity contribution in [2.75, 3.05) is 5.32 Å². The van der Waals surface area contributed by atoms with Crippen molar-refractivity contribution in [1.82, 2.24) is 9.97 Å². The number of nitrogens with one attached hydrogen (secondary N) is 2. The molecule has 0 saturated carbocycles. The van der Waals surface area contributed by atoms with Crippen LogP contribution in [0, 0.1) is 20.8 Å². The minimum atomic E-state index is 0.0934. The van der Waals surface area contributed by atoms with Gasteiger partial charge < -0.3 is 10.3 Å². The molecule has 108 valence electrons. The average molecular weight is 291 g/mol. The van der Waals surface area contributed by atoms with E-state index in [1.165, 1.54) is 0 Å². The zero-order chi connectivity index (χ0) is 15.0. The van der Waals surface area contributed by atoms with Gasteiger partial charge in [0.05, 0.1) is 5.69 Å². The van der Waals surface area contributed by atoms with Crippen molar-refractivity contribution in [2.45, 2.75) is 47.6 Å². The number of aryl methyl sites for hydroxylation is 2. The second kappa shape index (κ2) is 5.40. The maximum atomic E-state index is 11.7. The number of anilines is 1. The van der Waals surface area contributed by atoms with Gasteiger partial charge in [0.2, 0.25) is 0 Å². The molecule has 2 aromatic heterocycles. The van der Waals surface area contributed by atoms with Gasteiger partial charge in [0.25, 0.3) is 0 Å². The van der Waals surface area contributed by atoms with Gasteiger partial charge in [-0.1, -0.05) is 0 Å². The first kappa shape index (κ1) is 14.8. The molecular formula is C15H21N3OS. The van der Waals surface area contributed by atoms with Crippen LogP contribution in [-0.4, -0.2) is 21.8 Å². The largest absolute Gasteiger partial charge is 0.359 e. The molecule has 0 aromatic carbocycles. The molecule has 0 amide bonds. The molecule has 0 aliphatic carbocycles. The van der Waals surface area contributed by atoms with E-state index in [2.05, 4.69) is 36.1 Å². The number of thiazole rings is 1. The van der Waals surface area contributed by atoms with Crippen LogP contribution in [0.4, 0.5) is 5.13 Å². The standard InChI is InChI=1S/C15H21N3OS/c1-7(2)16-15-18-14(11(6)20-15)13-8(3)12(10(5)19)9(4)17-13/h7,17H,1-6H3,(H,16,18). The minimum absolute atomic E-state index is 0.0934. The summed E-state index contributed by atoms with van der Waals surface area (Å²) in [6.45, 7) is 11.8. The van der Waals surface area contributed by atoms with Gasteiger partial charge in [-0.2, -0.15) is 0 Å². The van der Waals surface area contributed by atoms with Crippen LogP contribution >= 0.6 is 11.3 Å². The number of H-pyrrole nitrogens is 1. The summed E-state index contributed by atoms with van der Waals surface area (Å²) in [5.41, 5.74) is 4.57. The Kier molecular flexibility index (Phi) is 3.99. The predicted octanol–water partition coefficient (Wildman–Crippen LogP) is 4.09. The first-order valence-corrected chi connectivity index (χ1v) is 7.57. The molecule has 0 fully saturated rings. The monoisotopic (exact) mass is 291 g/mol. The molecule has 2 heterocycles. The van der Waals surface area contributed by atoms with Gasteiger partial charge in [-0.3, -0.25) is 4.79 Å². The molecule has 0 saturated heterocycles. The lowest BCUT2D eigenvalue weighted by atomic mass is 10.1. The summed E-state index contributed by atoms with van der Waals surface area (Å²) in [6.07, 6.45) is 0. The number of rotatable bonds is 4. The Morgan fingerprint density at radius 2 is 1.95 bits per heavy atom. The number of aromatic amines is 1. The summed E-state index contributed by atoms with van der Waals surface area (Å²) in [7, 11) is 0. The zero-order valence-corrected chi connectivity index (χ0v) is 13.7. The molecular weight excluding hydrogens is 270 g/mol. The third-order valence-electron chi connectivity index (χ3n) is 3.24. The fourth-order valence-electron chi connectivity index (χ4n) is 2.45. The van der Waals surface area contributed by atoms with E-state index in [1.54, 1.807) is 18.3 Å². The number of Topliss-reactive ketones (excluding diaryl/α,β-unsaturated/α-hetero) is 1. The molecule has 2 rings (SSSR count). The molecule has 5 heteroatoms. The smallest absolute Gasteiger partial charge is 0.183 e. The number of hydrogen-bond donors (Lipinski definition) is 2. The number of aromatic nitrogens is 2. The van der Waals surface area contributed by atoms with Gasteiger partial charge in [-0.25, -0.2) is 4.98 Å². The lowest BCUT2D eigenvalue weighted by molar-refractivity contribution is 0.101. The van der Waals surface area contributed by atoms with Crippen LogP contribution in [0.2, 0.25) is 0 Å². The van der Waals surface area contributed by atoms with Crippen LogP contribution in [0.25, 0.3) is 11.4 Å². The Hall–Kier alpha value is -1.62. The number of carbonyl (C=O) groups is 1. The van der Waals surface area contributed by atoms with Crippen molar-refractivity contribution < 1.29 is 4.79 Å². The van der Waals surface area contributed by atoms with Gasteiger partial charge in [-0.15, -0.1) is 11.3 Å². The van der Waals surface area contributed by atoms with Crippen molar-refractivity contribution in [3.8, 4) is 11.4 Å². The third-order valence-corrected chi connectivity index (χ3v) is 4.14. The van der Waals surface area contributed by atoms with E-state index in [1.807, 2.05) is 13.8 Å². The van der Waals surface area contributed by atoms with E-state index in [-0.39, 0.29) is 5.78 Å². The summed E-state index contributed by atoms with van der Waals surface area (Å²) in [4.78, 5) is 20.8. The normalized spacial score (nSPS) is 11.2. The Morgan fingerprint density at radius 3 is 2.45 bits per heavy atom. The zero-order valence-electron chi connectivity index (χ0n) is 12.8. The lowest BCUT2D eigenvalue weighted by Gasteiger charge is -2.04. The highest BCUT2D eigenvalue weighted by molar-refractivity contribution is 7.16. The maximum Gasteiger partial charge on any atom is 0.183 e. The molecule has 0 spiro atoms. The average Bonchev–Trinajstić information content (AvgIpc) is 2.78. The van der Waals surface area contributed by atoms with E-state index < -0.39 is 0 Å². The SMILES string of the molecule is CC(=O)c1c(C)[nH]c(-c2nc(NC(C)C)sc2C)c1C. The highest BCUT2D eigenvalue weighted by Gasteiger charge is 2.20. The van der Waals surface area contributed by atoms with Crippen molar-refractivity contribution in [1.29, 1.82) is 0 Å². The highest BCUT2D eigenvalue weighted by Crippen LogP contribution is 2.34. The molecule has 2 N–H and O–H groups in total. The Bertz CT molecular complexity index is 652. The maximum absolute atomic E-state index is 11.7. The first-order valence-electron chi connectivity index (χ1n) is 6.75. The molecule has 0 aliphatic heterocycles. The number of carbonyl (C=O) groups excluding carboxylic acids is 1. The van der Waals surface area contributed by atoms with Gasteiger partial charge in [0.1, 0.15) is 5.69 Å². The van der Waals surface area contributed by atoms with Gasteiger partial charge in [0, 0.05) is 22.2 Å². The fraction of sp³-hybridized carbons (Fsp3) is 0.467. The summed E-state index contributed by atoms with van der Waals surface area (Å²) < 4.78 is 0. The number of ketones is 1. The van der Waals surface area contributed by atoms with E-state index in [0.717, 1.165) is 38.2 Å². The molecule has 0 atom stereocenters. The minimum Gasteiger partial charge on any atom is -0.359 e. The van der Waals surface area contributed by atoms with E-state index in [9.17, 15) is 4.79 Å². The third kappa shape index (κ3) is 2.63.